The predicted octanol–water partition coefficient (Wildman–Crippen LogP) is 2.18. The van der Waals surface area contributed by atoms with Crippen LogP contribution in [0.4, 0.5) is 0 Å². The van der Waals surface area contributed by atoms with E-state index in [1.54, 1.807) is 0 Å². The monoisotopic (exact) mass is 141 g/mol. The van der Waals surface area contributed by atoms with E-state index in [1.807, 2.05) is 6.08 Å². The van der Waals surface area contributed by atoms with Gasteiger partial charge in [-0.25, -0.2) is 0 Å². The van der Waals surface area contributed by atoms with Gasteiger partial charge in [0, 0.05) is 6.54 Å². The summed E-state index contributed by atoms with van der Waals surface area (Å²) in [6.07, 6.45) is 3.10. The fraction of sp³-hybridized carbons (Fsp3) is 0.778. The summed E-state index contributed by atoms with van der Waals surface area (Å²) in [6, 6.07) is 0. The number of nitrogens with two attached hydrogens (primary N) is 1. The van der Waals surface area contributed by atoms with Gasteiger partial charge in [-0.1, -0.05) is 26.8 Å². The minimum absolute atomic E-state index is 0.147. The van der Waals surface area contributed by atoms with Crippen LogP contribution in [-0.2, 0) is 0 Å². The molecule has 1 unspecified atom stereocenters. The molecule has 0 saturated heterocycles. The highest BCUT2D eigenvalue weighted by Crippen LogP contribution is 2.25. The van der Waals surface area contributed by atoms with Crippen LogP contribution in [-0.4, -0.2) is 6.54 Å². The van der Waals surface area contributed by atoms with Crippen molar-refractivity contribution in [1.29, 1.82) is 0 Å². The van der Waals surface area contributed by atoms with E-state index >= 15 is 0 Å². The normalized spacial score (nSPS) is 16.9. The highest BCUT2D eigenvalue weighted by molar-refractivity contribution is 4.92. The Morgan fingerprint density at radius 2 is 2.10 bits per heavy atom. The van der Waals surface area contributed by atoms with Crippen molar-refractivity contribution in [3.63, 3.8) is 0 Å². The zero-order valence-corrected chi connectivity index (χ0v) is 7.35. The largest absolute Gasteiger partial charge is 0.330 e. The van der Waals surface area contributed by atoms with Gasteiger partial charge >= 0.3 is 0 Å². The molecule has 0 saturated carbocycles. The maximum Gasteiger partial charge on any atom is 0.00115 e. The van der Waals surface area contributed by atoms with Crippen molar-refractivity contribution < 1.29 is 0 Å². The Hall–Kier alpha value is -0.300. The molecule has 1 atom stereocenters. The third kappa shape index (κ3) is 3.02. The lowest BCUT2D eigenvalue weighted by atomic mass is 9.82. The van der Waals surface area contributed by atoms with E-state index in [1.165, 1.54) is 0 Å². The molecule has 0 aromatic carbocycles. The van der Waals surface area contributed by atoms with Crippen molar-refractivity contribution in [2.75, 3.05) is 6.54 Å². The van der Waals surface area contributed by atoms with Crippen LogP contribution < -0.4 is 5.73 Å². The van der Waals surface area contributed by atoms with Crippen LogP contribution in [0.3, 0.4) is 0 Å². The van der Waals surface area contributed by atoms with Crippen molar-refractivity contribution in [3.8, 4) is 0 Å². The zero-order valence-electron chi connectivity index (χ0n) is 7.35. The average molecular weight is 141 g/mol. The molecule has 0 rings (SSSR count). The van der Waals surface area contributed by atoms with E-state index in [2.05, 4.69) is 27.4 Å². The second kappa shape index (κ2) is 3.77. The molecular formula is C9H19N. The summed E-state index contributed by atoms with van der Waals surface area (Å²) in [4.78, 5) is 0. The minimum Gasteiger partial charge on any atom is -0.330 e. The first-order chi connectivity index (χ1) is 4.54. The van der Waals surface area contributed by atoms with Gasteiger partial charge in [0.05, 0.1) is 0 Å². The molecule has 0 aromatic rings. The van der Waals surface area contributed by atoms with Gasteiger partial charge in [0.25, 0.3) is 0 Å². The molecule has 0 spiro atoms. The van der Waals surface area contributed by atoms with Gasteiger partial charge in [-0.3, -0.25) is 0 Å². The van der Waals surface area contributed by atoms with Gasteiger partial charge in [-0.05, 0) is 17.8 Å². The van der Waals surface area contributed by atoms with Gasteiger partial charge in [0.1, 0.15) is 0 Å². The molecule has 0 aliphatic carbocycles. The van der Waals surface area contributed by atoms with Crippen LogP contribution in [0.2, 0.25) is 0 Å². The molecule has 1 nitrogen and oxygen atoms in total. The topological polar surface area (TPSA) is 26.0 Å². The standard InChI is InChI=1S/C9H19N/c1-5-9(4,7-10)6-8(2)3/h5,8H,1,6-7,10H2,2-4H3. The van der Waals surface area contributed by atoms with Gasteiger partial charge in [-0.2, -0.15) is 0 Å². The fourth-order valence-corrected chi connectivity index (χ4v) is 1.18. The molecule has 1 heteroatoms. The van der Waals surface area contributed by atoms with E-state index < -0.39 is 0 Å². The zero-order chi connectivity index (χ0) is 8.20. The third-order valence-corrected chi connectivity index (χ3v) is 1.83. The quantitative estimate of drug-likeness (QED) is 0.597. The SMILES string of the molecule is C=CC(C)(CN)CC(C)C. The lowest BCUT2D eigenvalue weighted by Gasteiger charge is -2.25. The summed E-state index contributed by atoms with van der Waals surface area (Å²) in [5.74, 6) is 0.701. The Kier molecular flexibility index (Phi) is 3.66. The van der Waals surface area contributed by atoms with Crippen LogP contribution in [0.5, 0.6) is 0 Å². The fourth-order valence-electron chi connectivity index (χ4n) is 1.18. The first-order valence-corrected chi connectivity index (χ1v) is 3.88. The first-order valence-electron chi connectivity index (χ1n) is 3.88. The van der Waals surface area contributed by atoms with Gasteiger partial charge in [-0.15, -0.1) is 6.58 Å². The molecule has 0 aromatic heterocycles. The predicted molar refractivity (Wildman–Crippen MR) is 46.8 cm³/mol. The third-order valence-electron chi connectivity index (χ3n) is 1.83. The van der Waals surface area contributed by atoms with Crippen LogP contribution in [0.25, 0.3) is 0 Å². The van der Waals surface area contributed by atoms with Crippen molar-refractivity contribution in [1.82, 2.24) is 0 Å². The van der Waals surface area contributed by atoms with E-state index in [0.29, 0.717) is 12.5 Å². The molecule has 0 radical (unpaired) electrons. The van der Waals surface area contributed by atoms with Crippen LogP contribution >= 0.6 is 0 Å². The number of rotatable bonds is 4. The van der Waals surface area contributed by atoms with Crippen LogP contribution in [0, 0.1) is 11.3 Å². The molecule has 0 fully saturated rings. The first kappa shape index (κ1) is 9.70. The summed E-state index contributed by atoms with van der Waals surface area (Å²) in [5.41, 5.74) is 5.74. The summed E-state index contributed by atoms with van der Waals surface area (Å²) in [5, 5.41) is 0. The highest BCUT2D eigenvalue weighted by atomic mass is 14.6. The van der Waals surface area contributed by atoms with E-state index in [-0.39, 0.29) is 5.41 Å². The smallest absolute Gasteiger partial charge is 0.00115 e. The minimum atomic E-state index is 0.147. The number of hydrogen-bond donors (Lipinski definition) is 1. The molecule has 0 heterocycles. The lowest BCUT2D eigenvalue weighted by molar-refractivity contribution is 0.343. The number of hydrogen-bond acceptors (Lipinski definition) is 1. The second-order valence-corrected chi connectivity index (χ2v) is 3.66. The Morgan fingerprint density at radius 3 is 2.20 bits per heavy atom. The highest BCUT2D eigenvalue weighted by Gasteiger charge is 2.18. The summed E-state index contributed by atoms with van der Waals surface area (Å²) < 4.78 is 0. The van der Waals surface area contributed by atoms with E-state index in [0.717, 1.165) is 6.42 Å². The van der Waals surface area contributed by atoms with Gasteiger partial charge < -0.3 is 5.73 Å². The second-order valence-electron chi connectivity index (χ2n) is 3.66. The van der Waals surface area contributed by atoms with Crippen molar-refractivity contribution in [2.24, 2.45) is 17.1 Å². The molecule has 0 amide bonds. The Bertz CT molecular complexity index is 107. The maximum absolute atomic E-state index is 5.59. The Morgan fingerprint density at radius 1 is 1.60 bits per heavy atom. The molecule has 60 valence electrons. The maximum atomic E-state index is 5.59. The lowest BCUT2D eigenvalue weighted by Crippen LogP contribution is -2.26. The van der Waals surface area contributed by atoms with Gasteiger partial charge in [0.15, 0.2) is 0 Å². The van der Waals surface area contributed by atoms with Gasteiger partial charge in [0.2, 0.25) is 0 Å². The summed E-state index contributed by atoms with van der Waals surface area (Å²) >= 11 is 0. The summed E-state index contributed by atoms with van der Waals surface area (Å²) in [7, 11) is 0. The molecular weight excluding hydrogens is 122 g/mol. The molecule has 0 bridgehead atoms. The van der Waals surface area contributed by atoms with Crippen LogP contribution in [0.1, 0.15) is 27.2 Å². The molecule has 0 aliphatic heterocycles. The Balaban J connectivity index is 3.92. The van der Waals surface area contributed by atoms with Crippen LogP contribution in [0.15, 0.2) is 12.7 Å². The molecule has 2 N–H and O–H groups in total. The van der Waals surface area contributed by atoms with E-state index in [9.17, 15) is 0 Å². The van der Waals surface area contributed by atoms with Crippen molar-refractivity contribution >= 4 is 0 Å². The molecule has 0 aliphatic rings. The summed E-state index contributed by atoms with van der Waals surface area (Å²) in [6.45, 7) is 11.0. The molecule has 10 heavy (non-hydrogen) atoms. The van der Waals surface area contributed by atoms with E-state index in [4.69, 9.17) is 5.73 Å². The van der Waals surface area contributed by atoms with Crippen molar-refractivity contribution in [2.45, 2.75) is 27.2 Å². The Labute approximate surface area is 64.3 Å². The van der Waals surface area contributed by atoms with Crippen molar-refractivity contribution in [3.05, 3.63) is 12.7 Å². The average Bonchev–Trinajstić information content (AvgIpc) is 1.87.